The summed E-state index contributed by atoms with van der Waals surface area (Å²) in [6.45, 7) is 21.2. The van der Waals surface area contributed by atoms with Gasteiger partial charge in [-0.25, -0.2) is 31.6 Å². The zero-order chi connectivity index (χ0) is 56.0. The number of morpholine rings is 3. The Bertz CT molecular complexity index is 2810. The molecule has 6 aromatic heterocycles. The van der Waals surface area contributed by atoms with Gasteiger partial charge in [-0.15, -0.1) is 0 Å². The molecule has 9 heterocycles. The average Bonchev–Trinajstić information content (AvgIpc) is 4.11. The number of aliphatic hydroxyl groups excluding tert-OH is 1. The molecule has 0 amide bonds. The summed E-state index contributed by atoms with van der Waals surface area (Å²) in [7, 11) is 0. The molecule has 2 saturated carbocycles. The van der Waals surface area contributed by atoms with E-state index in [1.54, 1.807) is 26.2 Å². The summed E-state index contributed by atoms with van der Waals surface area (Å²) in [5.74, 6) is -1.82. The lowest BCUT2D eigenvalue weighted by Crippen LogP contribution is -2.37. The van der Waals surface area contributed by atoms with Crippen LogP contribution in [0, 0.1) is 41.5 Å². The monoisotopic (exact) mass is 1150 g/mol. The third-order valence-corrected chi connectivity index (χ3v) is 13.3. The second-order valence-corrected chi connectivity index (χ2v) is 20.5. The highest BCUT2D eigenvalue weighted by molar-refractivity contribution is 6.33. The predicted molar refractivity (Wildman–Crippen MR) is 288 cm³/mol. The van der Waals surface area contributed by atoms with Crippen LogP contribution in [0.1, 0.15) is 85.5 Å². The van der Waals surface area contributed by atoms with Crippen molar-refractivity contribution in [2.24, 2.45) is 0 Å². The van der Waals surface area contributed by atoms with E-state index in [1.165, 1.54) is 6.07 Å². The molecule has 0 atom stereocenters. The lowest BCUT2D eigenvalue weighted by atomic mass is 9.94. The lowest BCUT2D eigenvalue weighted by molar-refractivity contribution is -0.0630. The minimum Gasteiger partial charge on any atom is -0.474 e. The van der Waals surface area contributed by atoms with Crippen LogP contribution in [0.15, 0.2) is 36.4 Å². The summed E-state index contributed by atoms with van der Waals surface area (Å²) < 4.78 is 78.2. The van der Waals surface area contributed by atoms with Crippen molar-refractivity contribution in [3.63, 3.8) is 0 Å². The van der Waals surface area contributed by atoms with Crippen molar-refractivity contribution < 1.29 is 41.6 Å². The SMILES string of the molecule is C1COCCN1.Cc1cc(C)n(-c2nc(Cl)cc(Cl)n2)n1.Cc1cc(C)n(-c2nc(Cl)cc(N3CCOCC3)n2)n1.Cc1cc(C)n(-c2nc(OC3CCC(F)(F)CC3)cc(N3CCOCC3)n2)n1.OC1CCC(F)(F)CC1. The highest BCUT2D eigenvalue weighted by Crippen LogP contribution is 2.36. The van der Waals surface area contributed by atoms with Gasteiger partial charge in [-0.3, -0.25) is 0 Å². The number of aromatic nitrogens is 12. The zero-order valence-electron chi connectivity index (χ0n) is 44.7. The van der Waals surface area contributed by atoms with Crippen molar-refractivity contribution in [1.82, 2.24) is 64.6 Å². The molecule has 0 unspecified atom stereocenters. The molecule has 5 aliphatic rings. The smallest absolute Gasteiger partial charge is 0.256 e. The van der Waals surface area contributed by atoms with E-state index in [0.717, 1.165) is 98.3 Å². The van der Waals surface area contributed by atoms with Gasteiger partial charge < -0.3 is 39.2 Å². The molecule has 0 radical (unpaired) electrons. The Morgan fingerprint density at radius 3 is 1.26 bits per heavy atom. The number of ether oxygens (including phenoxy) is 4. The van der Waals surface area contributed by atoms with Gasteiger partial charge in [0.2, 0.25) is 17.7 Å². The quantitative estimate of drug-likeness (QED) is 0.113. The summed E-state index contributed by atoms with van der Waals surface area (Å²) in [5, 5.41) is 26.1. The Labute approximate surface area is 466 Å². The number of rotatable bonds is 7. The van der Waals surface area contributed by atoms with Crippen LogP contribution in [0.2, 0.25) is 15.5 Å². The van der Waals surface area contributed by atoms with Gasteiger partial charge >= 0.3 is 0 Å². The maximum atomic E-state index is 13.4. The van der Waals surface area contributed by atoms with Crippen LogP contribution >= 0.6 is 34.8 Å². The highest BCUT2D eigenvalue weighted by atomic mass is 35.5. The normalized spacial score (nSPS) is 18.5. The molecule has 11 rings (SSSR count). The molecule has 3 aliphatic heterocycles. The summed E-state index contributed by atoms with van der Waals surface area (Å²) in [6, 6.07) is 10.9. The van der Waals surface area contributed by atoms with Gasteiger partial charge in [0.25, 0.3) is 17.8 Å². The number of halogens is 7. The van der Waals surface area contributed by atoms with Crippen LogP contribution in [0.5, 0.6) is 5.88 Å². The molecular formula is C51H68Cl3F4N15O5. The second-order valence-electron chi connectivity index (χ2n) is 19.4. The molecule has 3 saturated heterocycles. The van der Waals surface area contributed by atoms with Gasteiger partial charge in [-0.05, 0) is 85.4 Å². The largest absolute Gasteiger partial charge is 0.474 e. The summed E-state index contributed by atoms with van der Waals surface area (Å²) in [5.41, 5.74) is 5.53. The maximum absolute atomic E-state index is 13.4. The van der Waals surface area contributed by atoms with E-state index in [2.05, 4.69) is 60.3 Å². The number of alkyl halides is 4. The van der Waals surface area contributed by atoms with E-state index in [0.29, 0.717) is 78.5 Å². The van der Waals surface area contributed by atoms with Crippen molar-refractivity contribution >= 4 is 46.4 Å². The minimum atomic E-state index is -2.58. The van der Waals surface area contributed by atoms with Crippen molar-refractivity contribution in [3.05, 3.63) is 86.0 Å². The fourth-order valence-corrected chi connectivity index (χ4v) is 9.35. The number of aryl methyl sites for hydroxylation is 6. The van der Waals surface area contributed by atoms with E-state index < -0.39 is 17.9 Å². The Kier molecular flexibility index (Phi) is 21.8. The van der Waals surface area contributed by atoms with Crippen LogP contribution < -0.4 is 19.9 Å². The fraction of sp³-hybridized carbons (Fsp3) is 0.588. The van der Waals surface area contributed by atoms with E-state index in [-0.39, 0.29) is 44.6 Å². The van der Waals surface area contributed by atoms with Crippen LogP contribution in [-0.2, 0) is 14.2 Å². The Hall–Kier alpha value is -5.34. The van der Waals surface area contributed by atoms with Crippen LogP contribution in [0.4, 0.5) is 29.2 Å². The lowest BCUT2D eigenvalue weighted by Gasteiger charge is -2.30. The van der Waals surface area contributed by atoms with E-state index in [1.807, 2.05) is 59.7 Å². The first-order valence-corrected chi connectivity index (χ1v) is 27.1. The van der Waals surface area contributed by atoms with Crippen molar-refractivity contribution in [2.45, 2.75) is 117 Å². The van der Waals surface area contributed by atoms with E-state index in [4.69, 9.17) is 58.9 Å². The van der Waals surface area contributed by atoms with Crippen LogP contribution in [0.3, 0.4) is 0 Å². The second kappa shape index (κ2) is 28.2. The molecule has 2 N–H and O–H groups in total. The number of nitrogens with zero attached hydrogens (tertiary/aromatic N) is 14. The summed E-state index contributed by atoms with van der Waals surface area (Å²) >= 11 is 17.7. The Balaban J connectivity index is 0.000000154. The van der Waals surface area contributed by atoms with E-state index >= 15 is 0 Å². The van der Waals surface area contributed by atoms with Gasteiger partial charge in [0.05, 0.1) is 62.8 Å². The molecule has 0 aromatic carbocycles. The van der Waals surface area contributed by atoms with Gasteiger partial charge in [0, 0.05) is 100 Å². The molecule has 78 heavy (non-hydrogen) atoms. The molecule has 20 nitrogen and oxygen atoms in total. The summed E-state index contributed by atoms with van der Waals surface area (Å²) in [4.78, 5) is 30.4. The van der Waals surface area contributed by atoms with Crippen molar-refractivity contribution in [2.75, 3.05) is 88.7 Å². The molecule has 2 aliphatic carbocycles. The van der Waals surface area contributed by atoms with E-state index in [9.17, 15) is 17.6 Å². The van der Waals surface area contributed by atoms with Gasteiger partial charge in [-0.2, -0.15) is 45.2 Å². The summed E-state index contributed by atoms with van der Waals surface area (Å²) in [6.07, 6.45) is -0.183. The Morgan fingerprint density at radius 1 is 0.513 bits per heavy atom. The number of hydrogen-bond donors (Lipinski definition) is 2. The first-order chi connectivity index (χ1) is 37.2. The minimum absolute atomic E-state index is 0.145. The fourth-order valence-electron chi connectivity index (χ4n) is 8.76. The first kappa shape index (κ1) is 60.3. The molecule has 0 spiro atoms. The molecule has 5 fully saturated rings. The first-order valence-electron chi connectivity index (χ1n) is 26.0. The molecular weight excluding hydrogens is 1090 g/mol. The third kappa shape index (κ3) is 18.4. The van der Waals surface area contributed by atoms with Crippen LogP contribution in [0.25, 0.3) is 17.8 Å². The molecule has 6 aromatic rings. The van der Waals surface area contributed by atoms with Crippen molar-refractivity contribution in [1.29, 1.82) is 0 Å². The number of anilines is 2. The standard InChI is InChI=1S/C19H25F2N5O2.C13H16ClN5O.C9H8Cl2N4.C6H10F2O.C4H9NO/c1-13-11-14(2)26(24-13)18-22-16(25-7-9-27-10-8-25)12-17(23-18)28-15-3-5-19(20,21)6-4-15;1-9-7-10(2)19(17-9)13-15-11(14)8-12(16-13)18-3-5-20-6-4-18;1-5-3-6(2)15(14-5)9-12-7(10)4-8(11)13-9;7-6(8)3-1-5(9)2-4-6;1-3-6-4-2-5-1/h11-12,15H,3-10H2,1-2H3;7-8H,3-6H2,1-2H3;3-4H,1-2H3;5,9H,1-4H2;5H,1-4H2. The van der Waals surface area contributed by atoms with Gasteiger partial charge in [0.15, 0.2) is 0 Å². The average molecular weight is 1150 g/mol. The number of hydrogen-bond acceptors (Lipinski definition) is 17. The maximum Gasteiger partial charge on any atom is 0.256 e. The Morgan fingerprint density at radius 2 is 0.885 bits per heavy atom. The van der Waals surface area contributed by atoms with Crippen LogP contribution in [-0.4, -0.2) is 167 Å². The zero-order valence-corrected chi connectivity index (χ0v) is 47.0. The predicted octanol–water partition coefficient (Wildman–Crippen LogP) is 8.59. The topological polar surface area (TPSA) is 206 Å². The molecule has 27 heteroatoms. The number of aliphatic hydroxyl groups is 1. The third-order valence-electron chi connectivity index (χ3n) is 12.8. The van der Waals surface area contributed by atoms with Gasteiger partial charge in [-0.1, -0.05) is 34.8 Å². The van der Waals surface area contributed by atoms with Gasteiger partial charge in [0.1, 0.15) is 33.2 Å². The highest BCUT2D eigenvalue weighted by Gasteiger charge is 2.36. The van der Waals surface area contributed by atoms with Crippen molar-refractivity contribution in [3.8, 4) is 23.7 Å². The molecule has 426 valence electrons. The number of nitrogens with one attached hydrogen (secondary N) is 1. The molecule has 0 bridgehead atoms.